The van der Waals surface area contributed by atoms with Crippen LogP contribution in [-0.2, 0) is 0 Å². The van der Waals surface area contributed by atoms with E-state index in [1.165, 1.54) is 7.11 Å². The third-order valence-corrected chi connectivity index (χ3v) is 8.10. The maximum absolute atomic E-state index is 13.2. The van der Waals surface area contributed by atoms with Crippen LogP contribution >= 0.6 is 62.1 Å². The Balaban J connectivity index is 1.43. The van der Waals surface area contributed by atoms with Gasteiger partial charge in [-0.05, 0) is 97.9 Å². The van der Waals surface area contributed by atoms with Crippen molar-refractivity contribution in [1.29, 1.82) is 0 Å². The van der Waals surface area contributed by atoms with Gasteiger partial charge < -0.3 is 10.1 Å². The van der Waals surface area contributed by atoms with E-state index in [2.05, 4.69) is 61.3 Å². The highest BCUT2D eigenvalue weighted by atomic mass is 127. The Bertz CT molecular complexity index is 1590. The van der Waals surface area contributed by atoms with Gasteiger partial charge in [-0.2, -0.15) is 0 Å². The van der Waals surface area contributed by atoms with Crippen molar-refractivity contribution in [1.82, 2.24) is 10.3 Å². The minimum Gasteiger partial charge on any atom is -0.495 e. The fraction of sp³-hybridized carbons (Fsp3) is 0.0385. The molecule has 1 heterocycles. The molecule has 0 bridgehead atoms. The number of nitrogens with zero attached hydrogens (tertiary/aromatic N) is 1. The summed E-state index contributed by atoms with van der Waals surface area (Å²) < 4.78 is 8.45. The molecule has 0 aliphatic carbocycles. The molecular weight excluding hydrogens is 657 g/mol. The largest absolute Gasteiger partial charge is 0.495 e. The van der Waals surface area contributed by atoms with Gasteiger partial charge in [0.25, 0.3) is 5.91 Å². The summed E-state index contributed by atoms with van der Waals surface area (Å²) in [5.41, 5.74) is 3.01. The Morgan fingerprint density at radius 1 is 1.09 bits per heavy atom. The van der Waals surface area contributed by atoms with Crippen molar-refractivity contribution >= 4 is 99.8 Å². The van der Waals surface area contributed by atoms with Crippen LogP contribution in [0.15, 0.2) is 77.3 Å². The number of thiocarbonyl (C=S) groups is 1. The van der Waals surface area contributed by atoms with Crippen LogP contribution in [0.4, 0.5) is 5.69 Å². The molecule has 1 amide bonds. The third kappa shape index (κ3) is 4.90. The lowest BCUT2D eigenvalue weighted by atomic mass is 10.1. The van der Waals surface area contributed by atoms with Gasteiger partial charge in [0, 0.05) is 9.13 Å². The molecule has 4 aromatic carbocycles. The van der Waals surface area contributed by atoms with Crippen LogP contribution in [0, 0.1) is 3.57 Å². The van der Waals surface area contributed by atoms with Crippen LogP contribution in [0.3, 0.4) is 0 Å². The van der Waals surface area contributed by atoms with Crippen LogP contribution in [0.25, 0.3) is 31.6 Å². The highest BCUT2D eigenvalue weighted by molar-refractivity contribution is 14.1. The molecule has 0 atom stereocenters. The molecular formula is C26H17BrIN3O2S2. The molecule has 5 rings (SSSR count). The van der Waals surface area contributed by atoms with Gasteiger partial charge in [0.05, 0.1) is 33.0 Å². The summed E-state index contributed by atoms with van der Waals surface area (Å²) in [6.07, 6.45) is 0. The highest BCUT2D eigenvalue weighted by Crippen LogP contribution is 2.37. The number of methoxy groups -OCH3 is 1. The number of carbonyl (C=O) groups excluding carboxylic acids is 1. The maximum Gasteiger partial charge on any atom is 0.261 e. The van der Waals surface area contributed by atoms with Gasteiger partial charge >= 0.3 is 0 Å². The molecule has 0 spiro atoms. The first-order valence-corrected chi connectivity index (χ1v) is 13.6. The molecule has 0 fully saturated rings. The van der Waals surface area contributed by atoms with Gasteiger partial charge in [0.2, 0.25) is 0 Å². The lowest BCUT2D eigenvalue weighted by molar-refractivity contribution is 0.0975. The molecule has 0 unspecified atom stereocenters. The van der Waals surface area contributed by atoms with Gasteiger partial charge in [0.1, 0.15) is 10.8 Å². The van der Waals surface area contributed by atoms with Crippen LogP contribution in [0.2, 0.25) is 0 Å². The number of ether oxygens (including phenoxy) is 1. The molecule has 0 aliphatic heterocycles. The molecule has 0 radical (unpaired) electrons. The number of benzene rings is 4. The van der Waals surface area contributed by atoms with Gasteiger partial charge in [-0.25, -0.2) is 4.98 Å². The topological polar surface area (TPSA) is 63.2 Å². The number of halogens is 2. The van der Waals surface area contributed by atoms with Crippen molar-refractivity contribution in [3.05, 3.63) is 86.4 Å². The highest BCUT2D eigenvalue weighted by Gasteiger charge is 2.20. The zero-order valence-corrected chi connectivity index (χ0v) is 23.6. The zero-order valence-electron chi connectivity index (χ0n) is 18.3. The standard InChI is InChI=1S/C26H17BrIN3O2S2/c1-33-23-18(12-14-6-2-3-7-16(14)22(23)27)24(32)31-26(34)30-19-11-10-15(28)13-17(19)25-29-20-8-4-5-9-21(20)35-25/h2-13H,1H3,(H2,30,31,32,34). The summed E-state index contributed by atoms with van der Waals surface area (Å²) in [7, 11) is 1.54. The smallest absolute Gasteiger partial charge is 0.261 e. The minimum atomic E-state index is -0.363. The normalized spacial score (nSPS) is 10.9. The van der Waals surface area contributed by atoms with E-state index in [9.17, 15) is 4.79 Å². The Kier molecular flexibility index (Phi) is 7.01. The fourth-order valence-corrected chi connectivity index (χ4v) is 6.19. The molecule has 35 heavy (non-hydrogen) atoms. The first-order chi connectivity index (χ1) is 16.9. The molecule has 1 aromatic heterocycles. The number of aromatic nitrogens is 1. The number of fused-ring (bicyclic) bond motifs is 2. The number of thiazole rings is 1. The Morgan fingerprint density at radius 2 is 1.86 bits per heavy atom. The van der Waals surface area contributed by atoms with Crippen LogP contribution in [-0.4, -0.2) is 23.1 Å². The van der Waals surface area contributed by atoms with Crippen molar-refractivity contribution < 1.29 is 9.53 Å². The predicted molar refractivity (Wildman–Crippen MR) is 160 cm³/mol. The van der Waals surface area contributed by atoms with E-state index in [0.29, 0.717) is 11.3 Å². The van der Waals surface area contributed by atoms with E-state index in [1.807, 2.05) is 54.6 Å². The average molecular weight is 674 g/mol. The number of anilines is 1. The number of para-hydroxylation sites is 1. The predicted octanol–water partition coefficient (Wildman–Crippen LogP) is 7.62. The summed E-state index contributed by atoms with van der Waals surface area (Å²) in [5.74, 6) is 0.0891. The van der Waals surface area contributed by atoms with Crippen LogP contribution < -0.4 is 15.4 Å². The van der Waals surface area contributed by atoms with E-state index in [4.69, 9.17) is 21.9 Å². The summed E-state index contributed by atoms with van der Waals surface area (Å²) in [5, 5.41) is 8.91. The van der Waals surface area contributed by atoms with Crippen LogP contribution in [0.5, 0.6) is 5.75 Å². The average Bonchev–Trinajstić information content (AvgIpc) is 3.29. The van der Waals surface area contributed by atoms with Crippen molar-refractivity contribution in [2.75, 3.05) is 12.4 Å². The minimum absolute atomic E-state index is 0.185. The number of hydrogen-bond donors (Lipinski definition) is 2. The molecule has 0 saturated heterocycles. The van der Waals surface area contributed by atoms with E-state index >= 15 is 0 Å². The Hall–Kier alpha value is -2.60. The summed E-state index contributed by atoms with van der Waals surface area (Å²) in [4.78, 5) is 18.0. The van der Waals surface area contributed by atoms with Gasteiger partial charge in [-0.15, -0.1) is 11.3 Å². The van der Waals surface area contributed by atoms with Gasteiger partial charge in [-0.1, -0.05) is 36.4 Å². The lowest BCUT2D eigenvalue weighted by Crippen LogP contribution is -2.34. The summed E-state index contributed by atoms with van der Waals surface area (Å²) in [6.45, 7) is 0. The SMILES string of the molecule is COc1c(C(=O)NC(=S)Nc2ccc(I)cc2-c2nc3ccccc3s2)cc2ccccc2c1Br. The van der Waals surface area contributed by atoms with Gasteiger partial charge in [-0.3, -0.25) is 10.1 Å². The second-order valence-corrected chi connectivity index (χ2v) is 11.1. The van der Waals surface area contributed by atoms with E-state index < -0.39 is 0 Å². The second kappa shape index (κ2) is 10.2. The van der Waals surface area contributed by atoms with Crippen molar-refractivity contribution in [2.45, 2.75) is 0 Å². The molecule has 174 valence electrons. The number of carbonyl (C=O) groups is 1. The van der Waals surface area contributed by atoms with Gasteiger partial charge in [0.15, 0.2) is 5.11 Å². The Morgan fingerprint density at radius 3 is 2.66 bits per heavy atom. The number of amides is 1. The van der Waals surface area contributed by atoms with Crippen molar-refractivity contribution in [2.24, 2.45) is 0 Å². The number of nitrogens with one attached hydrogen (secondary N) is 2. The lowest BCUT2D eigenvalue weighted by Gasteiger charge is -2.15. The number of hydrogen-bond acceptors (Lipinski definition) is 5. The summed E-state index contributed by atoms with van der Waals surface area (Å²) >= 11 is 13.0. The van der Waals surface area contributed by atoms with E-state index in [1.54, 1.807) is 17.4 Å². The van der Waals surface area contributed by atoms with Crippen molar-refractivity contribution in [3.8, 4) is 16.3 Å². The quantitative estimate of drug-likeness (QED) is 0.152. The Labute approximate surface area is 233 Å². The van der Waals surface area contributed by atoms with E-state index in [0.717, 1.165) is 45.3 Å². The maximum atomic E-state index is 13.2. The molecule has 2 N–H and O–H groups in total. The second-order valence-electron chi connectivity index (χ2n) is 7.58. The van der Waals surface area contributed by atoms with Crippen molar-refractivity contribution in [3.63, 3.8) is 0 Å². The number of rotatable bonds is 4. The molecule has 5 nitrogen and oxygen atoms in total. The molecule has 0 saturated carbocycles. The first kappa shape index (κ1) is 24.1. The zero-order chi connectivity index (χ0) is 24.5. The monoisotopic (exact) mass is 673 g/mol. The van der Waals surface area contributed by atoms with E-state index in [-0.39, 0.29) is 11.0 Å². The molecule has 5 aromatic rings. The fourth-order valence-electron chi connectivity index (χ4n) is 3.77. The first-order valence-electron chi connectivity index (χ1n) is 10.5. The molecule has 0 aliphatic rings. The van der Waals surface area contributed by atoms with Crippen LogP contribution in [0.1, 0.15) is 10.4 Å². The molecule has 9 heteroatoms. The summed E-state index contributed by atoms with van der Waals surface area (Å²) in [6, 6.07) is 23.6. The third-order valence-electron chi connectivity index (χ3n) is 5.37.